The second kappa shape index (κ2) is 5.33. The first-order valence-corrected chi connectivity index (χ1v) is 8.35. The summed E-state index contributed by atoms with van der Waals surface area (Å²) in [4.78, 5) is 2.56. The highest BCUT2D eigenvalue weighted by molar-refractivity contribution is 7.10. The Balaban J connectivity index is 1.78. The molecule has 0 aromatic carbocycles. The van der Waals surface area contributed by atoms with Gasteiger partial charge in [0.25, 0.3) is 0 Å². The highest BCUT2D eigenvalue weighted by atomic mass is 35.5. The van der Waals surface area contributed by atoms with E-state index in [1.165, 1.54) is 23.3 Å². The maximum Gasteiger partial charge on any atom is 0.0657 e. The Bertz CT molecular complexity index is 531. The van der Waals surface area contributed by atoms with E-state index in [0.717, 1.165) is 16.3 Å². The molecule has 1 aliphatic rings. The van der Waals surface area contributed by atoms with Gasteiger partial charge in [-0.2, -0.15) is 0 Å². The molecule has 0 spiro atoms. The van der Waals surface area contributed by atoms with Crippen LogP contribution in [0.5, 0.6) is 0 Å². The Kier molecular flexibility index (Phi) is 3.76. The molecule has 2 heterocycles. The molecule has 2 aromatic rings. The Labute approximate surface area is 120 Å². The monoisotopic (exact) mass is 298 g/mol. The van der Waals surface area contributed by atoms with Crippen LogP contribution in [0.2, 0.25) is 5.02 Å². The van der Waals surface area contributed by atoms with Gasteiger partial charge in [-0.05, 0) is 47.7 Å². The van der Waals surface area contributed by atoms with Crippen LogP contribution < -0.4 is 0 Å². The fourth-order valence-corrected chi connectivity index (χ4v) is 4.89. The van der Waals surface area contributed by atoms with Crippen molar-refractivity contribution in [2.75, 3.05) is 0 Å². The van der Waals surface area contributed by atoms with Crippen LogP contribution in [0.3, 0.4) is 0 Å². The molecule has 3 rings (SSSR count). The molecule has 2 aromatic heterocycles. The molecule has 4 heteroatoms. The zero-order chi connectivity index (χ0) is 12.5. The zero-order valence-corrected chi connectivity index (χ0v) is 12.3. The van der Waals surface area contributed by atoms with Gasteiger partial charge in [-0.15, -0.1) is 22.7 Å². The molecule has 1 nitrogen and oxygen atoms in total. The zero-order valence-electron chi connectivity index (χ0n) is 9.93. The summed E-state index contributed by atoms with van der Waals surface area (Å²) in [5, 5.41) is 15.4. The fourth-order valence-electron chi connectivity index (χ4n) is 2.72. The van der Waals surface area contributed by atoms with Crippen LogP contribution in [-0.2, 0) is 12.8 Å². The third-order valence-corrected chi connectivity index (χ3v) is 6.05. The highest BCUT2D eigenvalue weighted by Crippen LogP contribution is 2.38. The third-order valence-electron chi connectivity index (χ3n) is 3.65. The van der Waals surface area contributed by atoms with Crippen molar-refractivity contribution in [2.24, 2.45) is 0 Å². The van der Waals surface area contributed by atoms with Crippen LogP contribution in [-0.4, -0.2) is 11.2 Å². The van der Waals surface area contributed by atoms with E-state index in [9.17, 15) is 5.11 Å². The van der Waals surface area contributed by atoms with Gasteiger partial charge in [-0.1, -0.05) is 11.6 Å². The first kappa shape index (κ1) is 12.7. The van der Waals surface area contributed by atoms with Crippen molar-refractivity contribution >= 4 is 34.3 Å². The van der Waals surface area contributed by atoms with Crippen molar-refractivity contribution in [3.05, 3.63) is 43.2 Å². The summed E-state index contributed by atoms with van der Waals surface area (Å²) in [5.74, 6) is 0.290. The molecule has 1 aliphatic carbocycles. The van der Waals surface area contributed by atoms with Crippen molar-refractivity contribution in [1.29, 1.82) is 0 Å². The summed E-state index contributed by atoms with van der Waals surface area (Å²) < 4.78 is 0. The van der Waals surface area contributed by atoms with Gasteiger partial charge >= 0.3 is 0 Å². The number of halogens is 1. The van der Waals surface area contributed by atoms with Crippen molar-refractivity contribution in [3.63, 3.8) is 0 Å². The van der Waals surface area contributed by atoms with Gasteiger partial charge in [0.1, 0.15) is 0 Å². The average molecular weight is 299 g/mol. The largest absolute Gasteiger partial charge is 0.392 e. The number of aliphatic hydroxyl groups is 1. The number of hydrogen-bond donors (Lipinski definition) is 1. The van der Waals surface area contributed by atoms with Gasteiger partial charge in [0.05, 0.1) is 11.1 Å². The van der Waals surface area contributed by atoms with E-state index < -0.39 is 0 Å². The normalized spacial score (nSPS) is 20.7. The summed E-state index contributed by atoms with van der Waals surface area (Å²) in [6.07, 6.45) is 3.82. The van der Waals surface area contributed by atoms with E-state index in [2.05, 4.69) is 11.4 Å². The van der Waals surface area contributed by atoms with Crippen molar-refractivity contribution in [1.82, 2.24) is 0 Å². The van der Waals surface area contributed by atoms with E-state index in [4.69, 9.17) is 11.6 Å². The predicted octanol–water partition coefficient (Wildman–Crippen LogP) is 4.49. The molecule has 1 N–H and O–H groups in total. The van der Waals surface area contributed by atoms with Gasteiger partial charge in [-0.25, -0.2) is 0 Å². The minimum atomic E-state index is -0.310. The number of aliphatic hydroxyl groups excluding tert-OH is 1. The van der Waals surface area contributed by atoms with Crippen molar-refractivity contribution in [2.45, 2.75) is 37.7 Å². The SMILES string of the molecule is OC(Cc1sccc1Cl)C1CCCc2sccc21. The molecule has 0 saturated carbocycles. The van der Waals surface area contributed by atoms with Gasteiger partial charge in [0, 0.05) is 22.1 Å². The van der Waals surface area contributed by atoms with Crippen LogP contribution in [0.1, 0.15) is 34.1 Å². The molecule has 0 amide bonds. The smallest absolute Gasteiger partial charge is 0.0657 e. The summed E-state index contributed by atoms with van der Waals surface area (Å²) in [7, 11) is 0. The Hall–Kier alpha value is -0.350. The molecule has 96 valence electrons. The predicted molar refractivity (Wildman–Crippen MR) is 79.0 cm³/mol. The Morgan fingerprint density at radius 3 is 2.94 bits per heavy atom. The molecule has 0 fully saturated rings. The first-order chi connectivity index (χ1) is 8.75. The number of fused-ring (bicyclic) bond motifs is 1. The topological polar surface area (TPSA) is 20.2 Å². The first-order valence-electron chi connectivity index (χ1n) is 6.22. The van der Waals surface area contributed by atoms with Crippen molar-refractivity contribution < 1.29 is 5.11 Å². The summed E-state index contributed by atoms with van der Waals surface area (Å²) in [6.45, 7) is 0. The highest BCUT2D eigenvalue weighted by Gasteiger charge is 2.28. The van der Waals surface area contributed by atoms with Gasteiger partial charge in [0.2, 0.25) is 0 Å². The van der Waals surface area contributed by atoms with Gasteiger partial charge in [0.15, 0.2) is 0 Å². The van der Waals surface area contributed by atoms with Crippen LogP contribution in [0.4, 0.5) is 0 Å². The van der Waals surface area contributed by atoms with Gasteiger partial charge < -0.3 is 5.11 Å². The molecule has 0 bridgehead atoms. The summed E-state index contributed by atoms with van der Waals surface area (Å²) >= 11 is 9.56. The average Bonchev–Trinajstić information content (AvgIpc) is 2.98. The lowest BCUT2D eigenvalue weighted by molar-refractivity contribution is 0.136. The maximum absolute atomic E-state index is 10.5. The summed E-state index contributed by atoms with van der Waals surface area (Å²) in [5.41, 5.74) is 1.37. The number of thiophene rings is 2. The van der Waals surface area contributed by atoms with E-state index in [-0.39, 0.29) is 12.0 Å². The molecule has 0 aliphatic heterocycles. The molecule has 18 heavy (non-hydrogen) atoms. The maximum atomic E-state index is 10.5. The van der Waals surface area contributed by atoms with Crippen molar-refractivity contribution in [3.8, 4) is 0 Å². The van der Waals surface area contributed by atoms with Crippen LogP contribution in [0, 0.1) is 0 Å². The number of hydrogen-bond acceptors (Lipinski definition) is 3. The van der Waals surface area contributed by atoms with E-state index in [1.807, 2.05) is 22.8 Å². The molecule has 2 unspecified atom stereocenters. The van der Waals surface area contributed by atoms with E-state index >= 15 is 0 Å². The van der Waals surface area contributed by atoms with E-state index in [1.54, 1.807) is 11.3 Å². The lowest BCUT2D eigenvalue weighted by Gasteiger charge is -2.27. The molecule has 0 radical (unpaired) electrons. The van der Waals surface area contributed by atoms with Crippen LogP contribution in [0.15, 0.2) is 22.9 Å². The quantitative estimate of drug-likeness (QED) is 0.885. The lowest BCUT2D eigenvalue weighted by atomic mass is 9.82. The Morgan fingerprint density at radius 2 is 2.17 bits per heavy atom. The standard InChI is InChI=1S/C14H15ClOS2/c15-11-5-7-18-14(11)8-12(16)9-2-1-3-13-10(9)4-6-17-13/h4-7,9,12,16H,1-3,8H2. The van der Waals surface area contributed by atoms with Crippen LogP contribution in [0.25, 0.3) is 0 Å². The number of rotatable bonds is 3. The number of aryl methyl sites for hydroxylation is 1. The molecular formula is C14H15ClOS2. The minimum absolute atomic E-state index is 0.290. The fraction of sp³-hybridized carbons (Fsp3) is 0.429. The molecule has 2 atom stereocenters. The van der Waals surface area contributed by atoms with Gasteiger partial charge in [-0.3, -0.25) is 0 Å². The lowest BCUT2D eigenvalue weighted by Crippen LogP contribution is -2.23. The second-order valence-corrected chi connectivity index (χ2v) is 7.17. The van der Waals surface area contributed by atoms with Crippen LogP contribution >= 0.6 is 34.3 Å². The third kappa shape index (κ3) is 2.37. The molecular weight excluding hydrogens is 284 g/mol. The summed E-state index contributed by atoms with van der Waals surface area (Å²) in [6, 6.07) is 4.09. The molecule has 0 saturated heterocycles. The van der Waals surface area contributed by atoms with E-state index in [0.29, 0.717) is 6.42 Å². The minimum Gasteiger partial charge on any atom is -0.392 e. The Morgan fingerprint density at radius 1 is 1.33 bits per heavy atom. The second-order valence-electron chi connectivity index (χ2n) is 4.76.